The topological polar surface area (TPSA) is 125 Å². The fraction of sp³-hybridized carbons (Fsp3) is 0.600. The van der Waals surface area contributed by atoms with Crippen molar-refractivity contribution in [1.29, 1.82) is 0 Å². The van der Waals surface area contributed by atoms with Crippen LogP contribution in [0, 0.1) is 31.6 Å². The summed E-state index contributed by atoms with van der Waals surface area (Å²) in [7, 11) is 0. The first-order chi connectivity index (χ1) is 21.4. The Morgan fingerprint density at radius 2 is 1.96 bits per heavy atom. The minimum absolute atomic E-state index is 0.129. The van der Waals surface area contributed by atoms with Crippen molar-refractivity contribution in [1.82, 2.24) is 10.2 Å². The number of hydrogen-bond donors (Lipinski definition) is 2. The molecule has 2 bridgehead atoms. The fourth-order valence-corrected chi connectivity index (χ4v) is 7.34. The largest absolute Gasteiger partial charge is 0.460 e. The van der Waals surface area contributed by atoms with Gasteiger partial charge in [-0.15, -0.1) is 13.2 Å². The molecule has 10 nitrogen and oxygen atoms in total. The van der Waals surface area contributed by atoms with Gasteiger partial charge in [-0.05, 0) is 69.6 Å². The standard InChI is InChI=1S/C35H49N3O7/c1-8-10-11-28(40)36-19-24(7)44-34(43)29-27-14-15-35(45-27)30(29)32(41)38(25(20-39)17-21(3)4)31(35)33(42)37(16-9-2)26-18-22(5)12-13-23(26)6/h8-9,12-13,18,21,24-25,27,29-31,39H,1-2,10-11,14-17,19-20H2,3-7H3,(H,36,40)/t24-,25-,27-,29+,30+,31-,35+/m1/s1. The van der Waals surface area contributed by atoms with Gasteiger partial charge >= 0.3 is 5.97 Å². The maximum Gasteiger partial charge on any atom is 0.312 e. The van der Waals surface area contributed by atoms with Gasteiger partial charge in [0, 0.05) is 18.7 Å². The Morgan fingerprint density at radius 3 is 2.60 bits per heavy atom. The number of carbonyl (C=O) groups excluding carboxylic acids is 4. The summed E-state index contributed by atoms with van der Waals surface area (Å²) in [5.41, 5.74) is 1.34. The van der Waals surface area contributed by atoms with Gasteiger partial charge < -0.3 is 29.7 Å². The second kappa shape index (κ2) is 14.3. The predicted octanol–water partition coefficient (Wildman–Crippen LogP) is 3.62. The van der Waals surface area contributed by atoms with E-state index in [1.54, 1.807) is 24.0 Å². The van der Waals surface area contributed by atoms with Crippen LogP contribution in [0.25, 0.3) is 0 Å². The molecule has 0 aliphatic carbocycles. The number of allylic oxidation sites excluding steroid dienone is 1. The number of ether oxygens (including phenoxy) is 2. The fourth-order valence-electron chi connectivity index (χ4n) is 7.34. The number of nitrogens with one attached hydrogen (secondary N) is 1. The maximum atomic E-state index is 14.8. The molecule has 10 heteroatoms. The number of aryl methyl sites for hydroxylation is 2. The van der Waals surface area contributed by atoms with Crippen molar-refractivity contribution in [3.05, 3.63) is 54.6 Å². The summed E-state index contributed by atoms with van der Waals surface area (Å²) in [6, 6.07) is 4.19. The van der Waals surface area contributed by atoms with Gasteiger partial charge in [-0.2, -0.15) is 0 Å². The molecule has 3 saturated heterocycles. The quantitative estimate of drug-likeness (QED) is 0.226. The number of carbonyl (C=O) groups is 4. The number of aliphatic hydroxyl groups excluding tert-OH is 1. The third-order valence-electron chi connectivity index (χ3n) is 9.30. The zero-order chi connectivity index (χ0) is 33.1. The normalized spacial score (nSPS) is 26.4. The highest BCUT2D eigenvalue weighted by molar-refractivity contribution is 6.05. The van der Waals surface area contributed by atoms with Crippen LogP contribution in [0.15, 0.2) is 43.5 Å². The number of benzene rings is 1. The Balaban J connectivity index is 1.69. The van der Waals surface area contributed by atoms with Gasteiger partial charge in [0.2, 0.25) is 11.8 Å². The van der Waals surface area contributed by atoms with Crippen molar-refractivity contribution in [2.75, 3.05) is 24.6 Å². The summed E-state index contributed by atoms with van der Waals surface area (Å²) < 4.78 is 12.4. The van der Waals surface area contributed by atoms with Crippen LogP contribution in [0.3, 0.4) is 0 Å². The SMILES string of the molecule is C=CCCC(=O)NC[C@@H](C)OC(=O)[C@@H]1[C@H]2C(=O)N([C@@H](CO)CC(C)C)[C@H](C(=O)N(CC=C)c3cc(C)ccc3C)[C@]23CC[C@H]1O3. The highest BCUT2D eigenvalue weighted by atomic mass is 16.6. The minimum Gasteiger partial charge on any atom is -0.460 e. The van der Waals surface area contributed by atoms with E-state index < -0.39 is 47.7 Å². The molecule has 3 amide bonds. The lowest BCUT2D eigenvalue weighted by atomic mass is 9.70. The summed E-state index contributed by atoms with van der Waals surface area (Å²) in [5.74, 6) is -3.16. The van der Waals surface area contributed by atoms with E-state index in [-0.39, 0.29) is 43.3 Å². The number of fused-ring (bicyclic) bond motifs is 1. The smallest absolute Gasteiger partial charge is 0.312 e. The molecule has 3 heterocycles. The number of likely N-dealkylation sites (tertiary alicyclic amines) is 1. The number of nitrogens with zero attached hydrogens (tertiary/aromatic N) is 2. The van der Waals surface area contributed by atoms with Crippen LogP contribution in [0.1, 0.15) is 64.0 Å². The van der Waals surface area contributed by atoms with E-state index in [4.69, 9.17) is 9.47 Å². The van der Waals surface area contributed by atoms with Gasteiger partial charge in [0.1, 0.15) is 17.7 Å². The van der Waals surface area contributed by atoms with E-state index in [2.05, 4.69) is 18.5 Å². The van der Waals surface area contributed by atoms with Gasteiger partial charge in [-0.3, -0.25) is 19.2 Å². The van der Waals surface area contributed by atoms with Crippen LogP contribution in [-0.4, -0.2) is 83.3 Å². The molecule has 3 aliphatic rings. The average Bonchev–Trinajstić information content (AvgIpc) is 3.64. The number of esters is 1. The zero-order valence-electron chi connectivity index (χ0n) is 27.3. The Labute approximate surface area is 266 Å². The van der Waals surface area contributed by atoms with Crippen molar-refractivity contribution in [2.24, 2.45) is 17.8 Å². The van der Waals surface area contributed by atoms with E-state index >= 15 is 0 Å². The van der Waals surface area contributed by atoms with Crippen molar-refractivity contribution in [3.63, 3.8) is 0 Å². The lowest BCUT2D eigenvalue weighted by molar-refractivity contribution is -0.159. The number of rotatable bonds is 15. The number of hydrogen-bond acceptors (Lipinski definition) is 7. The first kappa shape index (κ1) is 34.4. The summed E-state index contributed by atoms with van der Waals surface area (Å²) in [4.78, 5) is 58.3. The Kier molecular flexibility index (Phi) is 10.9. The summed E-state index contributed by atoms with van der Waals surface area (Å²) >= 11 is 0. The van der Waals surface area contributed by atoms with Crippen LogP contribution in [0.2, 0.25) is 0 Å². The number of anilines is 1. The molecule has 2 N–H and O–H groups in total. The molecule has 1 spiro atoms. The molecule has 45 heavy (non-hydrogen) atoms. The molecule has 246 valence electrons. The molecule has 1 aromatic carbocycles. The van der Waals surface area contributed by atoms with Gasteiger partial charge in [0.25, 0.3) is 5.91 Å². The molecule has 1 aromatic rings. The van der Waals surface area contributed by atoms with Crippen molar-refractivity contribution in [2.45, 2.75) is 96.6 Å². The Bertz CT molecular complexity index is 1310. The van der Waals surface area contributed by atoms with E-state index in [1.165, 1.54) is 4.90 Å². The van der Waals surface area contributed by atoms with Crippen molar-refractivity contribution < 1.29 is 33.8 Å². The molecular formula is C35H49N3O7. The second-order valence-corrected chi connectivity index (χ2v) is 13.2. The van der Waals surface area contributed by atoms with Crippen LogP contribution in [0.5, 0.6) is 0 Å². The van der Waals surface area contributed by atoms with Gasteiger partial charge in [-0.25, -0.2) is 0 Å². The highest BCUT2D eigenvalue weighted by Crippen LogP contribution is 2.59. The molecule has 7 atom stereocenters. The predicted molar refractivity (Wildman–Crippen MR) is 171 cm³/mol. The number of aliphatic hydroxyl groups is 1. The van der Waals surface area contributed by atoms with Gasteiger partial charge in [0.05, 0.1) is 37.1 Å². The second-order valence-electron chi connectivity index (χ2n) is 13.2. The van der Waals surface area contributed by atoms with Crippen molar-refractivity contribution >= 4 is 29.4 Å². The van der Waals surface area contributed by atoms with E-state index in [0.29, 0.717) is 37.8 Å². The average molecular weight is 624 g/mol. The third kappa shape index (κ3) is 6.72. The van der Waals surface area contributed by atoms with Crippen molar-refractivity contribution in [3.8, 4) is 0 Å². The van der Waals surface area contributed by atoms with Crippen LogP contribution in [-0.2, 0) is 28.7 Å². The molecule has 4 rings (SSSR count). The molecule has 0 aromatic heterocycles. The Morgan fingerprint density at radius 1 is 1.22 bits per heavy atom. The summed E-state index contributed by atoms with van der Waals surface area (Å²) in [6.45, 7) is 17.1. The summed E-state index contributed by atoms with van der Waals surface area (Å²) in [6.07, 6.45) is 4.33. The van der Waals surface area contributed by atoms with Crippen LogP contribution < -0.4 is 10.2 Å². The molecule has 0 unspecified atom stereocenters. The van der Waals surface area contributed by atoms with E-state index in [1.807, 2.05) is 45.9 Å². The molecule has 3 fully saturated rings. The lowest BCUT2D eigenvalue weighted by Crippen LogP contribution is -2.59. The van der Waals surface area contributed by atoms with Gasteiger partial charge in [0.15, 0.2) is 0 Å². The van der Waals surface area contributed by atoms with Crippen LogP contribution in [0.4, 0.5) is 5.69 Å². The molecule has 0 radical (unpaired) electrons. The van der Waals surface area contributed by atoms with E-state index in [0.717, 1.165) is 11.1 Å². The first-order valence-corrected chi connectivity index (χ1v) is 16.1. The molecule has 0 saturated carbocycles. The molecular weight excluding hydrogens is 574 g/mol. The lowest BCUT2D eigenvalue weighted by Gasteiger charge is -2.40. The first-order valence-electron chi connectivity index (χ1n) is 16.1. The van der Waals surface area contributed by atoms with E-state index in [9.17, 15) is 24.3 Å². The molecule has 3 aliphatic heterocycles. The Hall–Kier alpha value is -3.50. The highest BCUT2D eigenvalue weighted by Gasteiger charge is 2.75. The zero-order valence-corrected chi connectivity index (χ0v) is 27.3. The summed E-state index contributed by atoms with van der Waals surface area (Å²) in [5, 5.41) is 13.3. The monoisotopic (exact) mass is 623 g/mol. The number of amides is 3. The third-order valence-corrected chi connectivity index (χ3v) is 9.30. The maximum absolute atomic E-state index is 14.8. The minimum atomic E-state index is -1.24. The van der Waals surface area contributed by atoms with Crippen LogP contribution >= 0.6 is 0 Å². The van der Waals surface area contributed by atoms with Gasteiger partial charge in [-0.1, -0.05) is 38.1 Å².